The van der Waals surface area contributed by atoms with Gasteiger partial charge in [-0.1, -0.05) is 30.3 Å². The summed E-state index contributed by atoms with van der Waals surface area (Å²) in [6.07, 6.45) is 2.58. The van der Waals surface area contributed by atoms with Crippen LogP contribution in [-0.2, 0) is 0 Å². The Morgan fingerprint density at radius 3 is 2.57 bits per heavy atom. The van der Waals surface area contributed by atoms with Crippen LogP contribution in [-0.4, -0.2) is 17.7 Å². The number of nitrogens with zero attached hydrogens (tertiary/aromatic N) is 1. The van der Waals surface area contributed by atoms with E-state index < -0.39 is 0 Å². The lowest BCUT2D eigenvalue weighted by Gasteiger charge is -2.11. The van der Waals surface area contributed by atoms with Crippen LogP contribution in [0.15, 0.2) is 30.3 Å². The lowest BCUT2D eigenvalue weighted by molar-refractivity contribution is -0.480. The Bertz CT molecular complexity index is 289. The zero-order chi connectivity index (χ0) is 10.4. The second-order valence-corrected chi connectivity index (χ2v) is 4.02. The van der Waals surface area contributed by atoms with E-state index in [2.05, 4.69) is 0 Å². The Labute approximate surface area is 87.7 Å². The number of rotatable bonds is 5. The van der Waals surface area contributed by atoms with E-state index in [-0.39, 0.29) is 16.7 Å². The molecule has 0 saturated heterocycles. The zero-order valence-corrected chi connectivity index (χ0v) is 8.87. The summed E-state index contributed by atoms with van der Waals surface area (Å²) in [6.45, 7) is 0.0421. The molecular formula is C10H13NO2S. The van der Waals surface area contributed by atoms with E-state index in [1.54, 1.807) is 11.8 Å². The summed E-state index contributed by atoms with van der Waals surface area (Å²) in [5.41, 5.74) is 1.17. The maximum Gasteiger partial charge on any atom is 0.205 e. The molecule has 0 aliphatic heterocycles. The maximum absolute atomic E-state index is 10.2. The van der Waals surface area contributed by atoms with Crippen molar-refractivity contribution in [1.29, 1.82) is 0 Å². The summed E-state index contributed by atoms with van der Waals surface area (Å²) in [7, 11) is 0. The molecule has 3 nitrogen and oxygen atoms in total. The van der Waals surface area contributed by atoms with Gasteiger partial charge in [-0.25, -0.2) is 0 Å². The number of benzene rings is 1. The summed E-state index contributed by atoms with van der Waals surface area (Å²) in [6, 6.07) is 9.91. The predicted octanol–water partition coefficient (Wildman–Crippen LogP) is 2.76. The lowest BCUT2D eigenvalue weighted by Crippen LogP contribution is -2.05. The highest BCUT2D eigenvalue weighted by atomic mass is 32.2. The van der Waals surface area contributed by atoms with Crippen LogP contribution in [0, 0.1) is 10.1 Å². The monoisotopic (exact) mass is 211 g/mol. The summed E-state index contributed by atoms with van der Waals surface area (Å²) < 4.78 is 0. The Morgan fingerprint density at radius 1 is 1.43 bits per heavy atom. The number of nitro groups is 1. The van der Waals surface area contributed by atoms with Gasteiger partial charge in [0.05, 0.1) is 0 Å². The van der Waals surface area contributed by atoms with Crippen molar-refractivity contribution < 1.29 is 4.92 Å². The fourth-order valence-corrected chi connectivity index (χ4v) is 2.08. The van der Waals surface area contributed by atoms with E-state index in [1.807, 2.05) is 36.6 Å². The summed E-state index contributed by atoms with van der Waals surface area (Å²) in [5, 5.41) is 10.5. The number of thioether (sulfide) groups is 1. The van der Waals surface area contributed by atoms with E-state index >= 15 is 0 Å². The van der Waals surface area contributed by atoms with Crippen LogP contribution in [0.2, 0.25) is 0 Å². The molecular weight excluding hydrogens is 198 g/mol. The molecule has 0 bridgehead atoms. The molecule has 0 N–H and O–H groups in total. The minimum atomic E-state index is -0.258. The minimum absolute atomic E-state index is 0.0421. The second-order valence-electron chi connectivity index (χ2n) is 2.98. The smallest absolute Gasteiger partial charge is 0.205 e. The van der Waals surface area contributed by atoms with Crippen molar-refractivity contribution in [3.63, 3.8) is 0 Å². The molecule has 1 aromatic carbocycles. The van der Waals surface area contributed by atoms with Crippen LogP contribution in [0.1, 0.15) is 17.2 Å². The third-order valence-corrected chi connectivity index (χ3v) is 3.11. The van der Waals surface area contributed by atoms with Crippen molar-refractivity contribution in [2.75, 3.05) is 12.8 Å². The fraction of sp³-hybridized carbons (Fsp3) is 0.400. The van der Waals surface area contributed by atoms with Gasteiger partial charge in [-0.05, 0) is 11.8 Å². The molecule has 0 amide bonds. The van der Waals surface area contributed by atoms with Crippen molar-refractivity contribution in [3.8, 4) is 0 Å². The average molecular weight is 211 g/mol. The maximum atomic E-state index is 10.2. The molecule has 0 radical (unpaired) electrons. The van der Waals surface area contributed by atoms with Gasteiger partial charge in [0.15, 0.2) is 0 Å². The zero-order valence-electron chi connectivity index (χ0n) is 8.05. The quantitative estimate of drug-likeness (QED) is 0.555. The molecule has 14 heavy (non-hydrogen) atoms. The van der Waals surface area contributed by atoms with Crippen molar-refractivity contribution in [2.24, 2.45) is 0 Å². The highest BCUT2D eigenvalue weighted by Gasteiger charge is 2.12. The number of hydrogen-bond acceptors (Lipinski definition) is 3. The molecule has 4 heteroatoms. The summed E-state index contributed by atoms with van der Waals surface area (Å²) >= 11 is 1.66. The molecule has 1 atom stereocenters. The molecule has 0 heterocycles. The third kappa shape index (κ3) is 3.38. The van der Waals surface area contributed by atoms with E-state index in [4.69, 9.17) is 0 Å². The summed E-state index contributed by atoms with van der Waals surface area (Å²) in [5.74, 6) is 0. The first-order chi connectivity index (χ1) is 6.74. The lowest BCUT2D eigenvalue weighted by atomic mass is 10.1. The van der Waals surface area contributed by atoms with Gasteiger partial charge in [0.1, 0.15) is 0 Å². The van der Waals surface area contributed by atoms with Gasteiger partial charge in [0.2, 0.25) is 6.54 Å². The molecule has 0 aliphatic carbocycles. The Kier molecular flexibility index (Phi) is 4.46. The predicted molar refractivity (Wildman–Crippen MR) is 59.2 cm³/mol. The van der Waals surface area contributed by atoms with Gasteiger partial charge in [-0.2, -0.15) is 11.8 Å². The van der Waals surface area contributed by atoms with E-state index in [9.17, 15) is 10.1 Å². The van der Waals surface area contributed by atoms with Crippen LogP contribution in [0.25, 0.3) is 0 Å². The molecule has 1 rings (SSSR count). The average Bonchev–Trinajstić information content (AvgIpc) is 2.20. The second kappa shape index (κ2) is 5.65. The molecule has 0 spiro atoms. The van der Waals surface area contributed by atoms with Crippen LogP contribution in [0.5, 0.6) is 0 Å². The standard InChI is InChI=1S/C10H13NO2S/c1-14-10(7-8-11(12)13)9-5-3-2-4-6-9/h2-6,10H,7-8H2,1H3. The minimum Gasteiger partial charge on any atom is -0.265 e. The van der Waals surface area contributed by atoms with E-state index in [1.165, 1.54) is 5.56 Å². The Hall–Kier alpha value is -1.03. The SMILES string of the molecule is CSC(CC[N+](=O)[O-])c1ccccc1. The van der Waals surface area contributed by atoms with E-state index in [0.717, 1.165) is 0 Å². The normalized spacial score (nSPS) is 12.4. The topological polar surface area (TPSA) is 43.1 Å². The van der Waals surface area contributed by atoms with Crippen molar-refractivity contribution in [2.45, 2.75) is 11.7 Å². The number of hydrogen-bond donors (Lipinski definition) is 0. The van der Waals surface area contributed by atoms with Crippen LogP contribution < -0.4 is 0 Å². The third-order valence-electron chi connectivity index (χ3n) is 2.03. The van der Waals surface area contributed by atoms with Gasteiger partial charge in [-0.3, -0.25) is 10.1 Å². The molecule has 0 aromatic heterocycles. The van der Waals surface area contributed by atoms with Crippen LogP contribution in [0.4, 0.5) is 0 Å². The molecule has 0 aliphatic rings. The largest absolute Gasteiger partial charge is 0.265 e. The van der Waals surface area contributed by atoms with Crippen molar-refractivity contribution in [3.05, 3.63) is 46.0 Å². The molecule has 0 saturated carbocycles. The van der Waals surface area contributed by atoms with Crippen LogP contribution in [0.3, 0.4) is 0 Å². The molecule has 1 aromatic rings. The van der Waals surface area contributed by atoms with E-state index in [0.29, 0.717) is 6.42 Å². The first-order valence-corrected chi connectivity index (χ1v) is 5.72. The van der Waals surface area contributed by atoms with Gasteiger partial charge >= 0.3 is 0 Å². The first-order valence-electron chi connectivity index (χ1n) is 4.43. The molecule has 1 unspecified atom stereocenters. The van der Waals surface area contributed by atoms with Gasteiger partial charge in [-0.15, -0.1) is 0 Å². The fourth-order valence-electron chi connectivity index (χ4n) is 1.31. The Morgan fingerprint density at radius 2 is 2.07 bits per heavy atom. The van der Waals surface area contributed by atoms with Gasteiger partial charge in [0, 0.05) is 16.6 Å². The highest BCUT2D eigenvalue weighted by molar-refractivity contribution is 7.98. The van der Waals surface area contributed by atoms with Crippen LogP contribution >= 0.6 is 11.8 Å². The first kappa shape index (κ1) is 11.0. The molecule has 76 valence electrons. The highest BCUT2D eigenvalue weighted by Crippen LogP contribution is 2.29. The summed E-state index contributed by atoms with van der Waals surface area (Å²) in [4.78, 5) is 9.99. The van der Waals surface area contributed by atoms with Crippen molar-refractivity contribution >= 4 is 11.8 Å². The van der Waals surface area contributed by atoms with Gasteiger partial charge in [0.25, 0.3) is 0 Å². The van der Waals surface area contributed by atoms with Gasteiger partial charge < -0.3 is 0 Å². The Balaban J connectivity index is 2.58. The van der Waals surface area contributed by atoms with Crippen molar-refractivity contribution in [1.82, 2.24) is 0 Å². The molecule has 0 fully saturated rings.